The van der Waals surface area contributed by atoms with Gasteiger partial charge in [0.2, 0.25) is 5.91 Å². The zero-order valence-electron chi connectivity index (χ0n) is 20.4. The maximum Gasteiger partial charge on any atom is 0.240 e. The molecule has 0 spiro atoms. The van der Waals surface area contributed by atoms with E-state index in [1.807, 2.05) is 31.2 Å². The first-order chi connectivity index (χ1) is 15.6. The van der Waals surface area contributed by atoms with Gasteiger partial charge in [-0.25, -0.2) is 0 Å². The van der Waals surface area contributed by atoms with Crippen LogP contribution in [0.2, 0.25) is 0 Å². The topological polar surface area (TPSA) is 71.9 Å². The number of aryl methyl sites for hydroxylation is 2. The zero-order valence-corrected chi connectivity index (χ0v) is 21.2. The fourth-order valence-corrected chi connectivity index (χ4v) is 4.10. The van der Waals surface area contributed by atoms with E-state index >= 15 is 0 Å². The normalized spacial score (nSPS) is 11.5. The second-order valence-corrected chi connectivity index (χ2v) is 9.72. The van der Waals surface area contributed by atoms with Crippen LogP contribution in [0, 0.1) is 18.6 Å². The van der Waals surface area contributed by atoms with E-state index in [1.165, 1.54) is 22.3 Å². The fourth-order valence-electron chi connectivity index (χ4n) is 3.90. The van der Waals surface area contributed by atoms with Gasteiger partial charge in [-0.3, -0.25) is 14.5 Å². The lowest BCUT2D eigenvalue weighted by atomic mass is 9.83. The Hall–Kier alpha value is -2.93. The molecular formula is C26H34N4O2S. The number of aromatic amines is 1. The number of nitrogens with one attached hydrogen (secondary N) is 2. The molecule has 0 fully saturated rings. The van der Waals surface area contributed by atoms with Crippen LogP contribution in [-0.4, -0.2) is 33.8 Å². The molecule has 3 rings (SSSR count). The molecule has 0 radical (unpaired) electrons. The summed E-state index contributed by atoms with van der Waals surface area (Å²) in [5, 5.41) is 10.2. The second kappa shape index (κ2) is 10.3. The molecule has 1 amide bonds. The van der Waals surface area contributed by atoms with Crippen LogP contribution in [0.5, 0.6) is 5.75 Å². The Morgan fingerprint density at radius 2 is 1.79 bits per heavy atom. The maximum atomic E-state index is 12.7. The second-order valence-electron chi connectivity index (χ2n) is 9.33. The van der Waals surface area contributed by atoms with Gasteiger partial charge in [-0.15, -0.1) is 0 Å². The maximum absolute atomic E-state index is 12.7. The highest BCUT2D eigenvalue weighted by Crippen LogP contribution is 2.27. The van der Waals surface area contributed by atoms with Crippen molar-refractivity contribution in [1.29, 1.82) is 0 Å². The molecule has 1 heterocycles. The SMILES string of the molecule is CCOc1ccc(-c2n[nH]c(=S)n2CC(=O)NCCc2c(C)cc(C(C)(C)C)cc2C)cc1. The van der Waals surface area contributed by atoms with E-state index in [2.05, 4.69) is 62.3 Å². The number of hydrogen-bond acceptors (Lipinski definition) is 4. The minimum Gasteiger partial charge on any atom is -0.494 e. The van der Waals surface area contributed by atoms with Crippen LogP contribution < -0.4 is 10.1 Å². The highest BCUT2D eigenvalue weighted by Gasteiger charge is 2.17. The molecule has 33 heavy (non-hydrogen) atoms. The number of aromatic nitrogens is 3. The Morgan fingerprint density at radius 3 is 2.36 bits per heavy atom. The van der Waals surface area contributed by atoms with Crippen LogP contribution in [0.1, 0.15) is 49.9 Å². The Labute approximate surface area is 201 Å². The van der Waals surface area contributed by atoms with E-state index in [0.717, 1.165) is 17.7 Å². The standard InChI is InChI=1S/C26H34N4O2S/c1-7-32-21-10-8-19(9-11-21)24-28-29-25(33)30(24)16-23(31)27-13-12-22-17(2)14-20(15-18(22)3)26(4,5)6/h8-11,14-15H,7,12-13,16H2,1-6H3,(H,27,31)(H,29,33). The van der Waals surface area contributed by atoms with Crippen LogP contribution in [0.4, 0.5) is 0 Å². The summed E-state index contributed by atoms with van der Waals surface area (Å²) in [6, 6.07) is 12.1. The molecule has 2 N–H and O–H groups in total. The van der Waals surface area contributed by atoms with Gasteiger partial charge in [0.25, 0.3) is 0 Å². The van der Waals surface area contributed by atoms with Crippen molar-refractivity contribution in [1.82, 2.24) is 20.1 Å². The molecule has 1 aromatic heterocycles. The first-order valence-corrected chi connectivity index (χ1v) is 11.8. The van der Waals surface area contributed by atoms with Gasteiger partial charge in [0.05, 0.1) is 6.61 Å². The van der Waals surface area contributed by atoms with Crippen LogP contribution in [-0.2, 0) is 23.2 Å². The fraction of sp³-hybridized carbons (Fsp3) is 0.423. The van der Waals surface area contributed by atoms with Gasteiger partial charge in [0.1, 0.15) is 12.3 Å². The third kappa shape index (κ3) is 6.11. The first kappa shape index (κ1) is 24.7. The number of hydrogen-bond donors (Lipinski definition) is 2. The molecule has 7 heteroatoms. The average molecular weight is 467 g/mol. The van der Waals surface area contributed by atoms with E-state index < -0.39 is 0 Å². The number of rotatable bonds is 8. The minimum absolute atomic E-state index is 0.0960. The minimum atomic E-state index is -0.0960. The lowest BCUT2D eigenvalue weighted by molar-refractivity contribution is -0.121. The van der Waals surface area contributed by atoms with Gasteiger partial charge in [-0.05, 0) is 91.3 Å². The first-order valence-electron chi connectivity index (χ1n) is 11.4. The molecule has 6 nitrogen and oxygen atoms in total. The third-order valence-electron chi connectivity index (χ3n) is 5.74. The summed E-state index contributed by atoms with van der Waals surface area (Å²) in [7, 11) is 0. The summed E-state index contributed by atoms with van der Waals surface area (Å²) < 4.78 is 7.63. The summed E-state index contributed by atoms with van der Waals surface area (Å²) in [6.45, 7) is 14.2. The van der Waals surface area contributed by atoms with Gasteiger partial charge >= 0.3 is 0 Å². The van der Waals surface area contributed by atoms with Crippen LogP contribution >= 0.6 is 12.2 Å². The summed E-state index contributed by atoms with van der Waals surface area (Å²) in [5.74, 6) is 1.32. The van der Waals surface area contributed by atoms with E-state index in [9.17, 15) is 4.79 Å². The number of nitrogens with zero attached hydrogens (tertiary/aromatic N) is 2. The number of benzene rings is 2. The Kier molecular flexibility index (Phi) is 7.74. The van der Waals surface area contributed by atoms with E-state index in [1.54, 1.807) is 4.57 Å². The number of amides is 1. The van der Waals surface area contributed by atoms with E-state index in [-0.39, 0.29) is 17.9 Å². The highest BCUT2D eigenvalue weighted by molar-refractivity contribution is 7.71. The summed E-state index contributed by atoms with van der Waals surface area (Å²) in [4.78, 5) is 12.7. The van der Waals surface area contributed by atoms with Gasteiger partial charge in [0.15, 0.2) is 10.6 Å². The van der Waals surface area contributed by atoms with Crippen LogP contribution in [0.15, 0.2) is 36.4 Å². The number of ether oxygens (including phenoxy) is 1. The largest absolute Gasteiger partial charge is 0.494 e. The lowest BCUT2D eigenvalue weighted by Crippen LogP contribution is -2.30. The highest BCUT2D eigenvalue weighted by atomic mass is 32.1. The van der Waals surface area contributed by atoms with Crippen LogP contribution in [0.25, 0.3) is 11.4 Å². The van der Waals surface area contributed by atoms with E-state index in [4.69, 9.17) is 17.0 Å². The molecule has 3 aromatic rings. The predicted molar refractivity (Wildman–Crippen MR) is 135 cm³/mol. The molecule has 2 aromatic carbocycles. The predicted octanol–water partition coefficient (Wildman–Crippen LogP) is 5.28. The van der Waals surface area contributed by atoms with Crippen molar-refractivity contribution in [3.8, 4) is 17.1 Å². The molecule has 176 valence electrons. The van der Waals surface area contributed by atoms with Gasteiger partial charge in [0, 0.05) is 12.1 Å². The number of carbonyl (C=O) groups is 1. The summed E-state index contributed by atoms with van der Waals surface area (Å²) >= 11 is 5.36. The van der Waals surface area contributed by atoms with Crippen molar-refractivity contribution < 1.29 is 9.53 Å². The molecule has 0 aliphatic carbocycles. The smallest absolute Gasteiger partial charge is 0.240 e. The molecule has 0 aliphatic heterocycles. The zero-order chi connectivity index (χ0) is 24.2. The molecule has 0 saturated carbocycles. The van der Waals surface area contributed by atoms with Gasteiger partial charge in [-0.1, -0.05) is 32.9 Å². The van der Waals surface area contributed by atoms with Crippen molar-refractivity contribution in [2.24, 2.45) is 0 Å². The van der Waals surface area contributed by atoms with Crippen molar-refractivity contribution in [3.63, 3.8) is 0 Å². The average Bonchev–Trinajstić information content (AvgIpc) is 3.10. The van der Waals surface area contributed by atoms with Crippen molar-refractivity contribution in [3.05, 3.63) is 63.4 Å². The summed E-state index contributed by atoms with van der Waals surface area (Å²) in [6.07, 6.45) is 0.788. The van der Waals surface area contributed by atoms with Crippen molar-refractivity contribution in [2.75, 3.05) is 13.2 Å². The van der Waals surface area contributed by atoms with Crippen LogP contribution in [0.3, 0.4) is 0 Å². The van der Waals surface area contributed by atoms with E-state index in [0.29, 0.717) is 23.7 Å². The Balaban J connectivity index is 1.65. The van der Waals surface area contributed by atoms with Crippen molar-refractivity contribution >= 4 is 18.1 Å². The Morgan fingerprint density at radius 1 is 1.15 bits per heavy atom. The third-order valence-corrected chi connectivity index (χ3v) is 6.05. The molecule has 0 bridgehead atoms. The molecule has 0 aliphatic rings. The Bertz CT molecular complexity index is 1150. The number of carbonyl (C=O) groups excluding carboxylic acids is 1. The number of H-pyrrole nitrogens is 1. The van der Waals surface area contributed by atoms with Gasteiger partial charge in [-0.2, -0.15) is 5.10 Å². The molecule has 0 atom stereocenters. The van der Waals surface area contributed by atoms with Crippen molar-refractivity contribution in [2.45, 2.75) is 59.9 Å². The monoisotopic (exact) mass is 466 g/mol. The quantitative estimate of drug-likeness (QED) is 0.443. The molecule has 0 unspecified atom stereocenters. The summed E-state index contributed by atoms with van der Waals surface area (Å²) in [5.41, 5.74) is 6.14. The lowest BCUT2D eigenvalue weighted by Gasteiger charge is -2.22. The molecular weight excluding hydrogens is 432 g/mol. The molecule has 0 saturated heterocycles. The van der Waals surface area contributed by atoms with Gasteiger partial charge < -0.3 is 10.1 Å².